The first-order chi connectivity index (χ1) is 8.97. The number of carbonyl (C=O) groups excluding carboxylic acids is 1. The zero-order valence-electron chi connectivity index (χ0n) is 11.3. The first-order valence-corrected chi connectivity index (χ1v) is 8.46. The maximum absolute atomic E-state index is 12.1. The lowest BCUT2D eigenvalue weighted by molar-refractivity contribution is -0.144. The second kappa shape index (κ2) is 5.76. The van der Waals surface area contributed by atoms with E-state index in [0.717, 1.165) is 0 Å². The molecular weight excluding hydrogens is 268 g/mol. The van der Waals surface area contributed by atoms with E-state index >= 15 is 0 Å². The van der Waals surface area contributed by atoms with Crippen LogP contribution in [0.4, 0.5) is 0 Å². The normalized spacial score (nSPS) is 23.4. The highest BCUT2D eigenvalue weighted by atomic mass is 32.2. The van der Waals surface area contributed by atoms with Gasteiger partial charge in [-0.2, -0.15) is 0 Å². The van der Waals surface area contributed by atoms with E-state index in [4.69, 9.17) is 5.11 Å². The highest BCUT2D eigenvalue weighted by Gasteiger charge is 2.36. The van der Waals surface area contributed by atoms with Gasteiger partial charge in [-0.05, 0) is 19.8 Å². The van der Waals surface area contributed by atoms with Crippen LogP contribution in [0.1, 0.15) is 19.8 Å². The molecule has 0 bridgehead atoms. The van der Waals surface area contributed by atoms with Gasteiger partial charge in [-0.25, -0.2) is 12.7 Å². The van der Waals surface area contributed by atoms with Crippen LogP contribution in [0, 0.1) is 11.8 Å². The Bertz CT molecular complexity index is 423. The van der Waals surface area contributed by atoms with Crippen molar-refractivity contribution in [3.63, 3.8) is 0 Å². The van der Waals surface area contributed by atoms with E-state index in [-0.39, 0.29) is 30.1 Å². The molecule has 0 atom stereocenters. The van der Waals surface area contributed by atoms with Gasteiger partial charge in [-0.15, -0.1) is 0 Å². The predicted octanol–water partition coefficient (Wildman–Crippen LogP) is -0.501. The number of piperidine rings is 1. The van der Waals surface area contributed by atoms with E-state index in [9.17, 15) is 13.2 Å². The molecule has 19 heavy (non-hydrogen) atoms. The Kier molecular flexibility index (Phi) is 4.47. The number of aliphatic hydroxyl groups excluding tert-OH is 1. The fourth-order valence-corrected chi connectivity index (χ4v) is 3.82. The molecule has 2 aliphatic rings. The van der Waals surface area contributed by atoms with Crippen LogP contribution in [0.3, 0.4) is 0 Å². The minimum absolute atomic E-state index is 0.0528. The van der Waals surface area contributed by atoms with Gasteiger partial charge in [0.05, 0.1) is 5.75 Å². The maximum atomic E-state index is 12.1. The summed E-state index contributed by atoms with van der Waals surface area (Å²) < 4.78 is 24.9. The largest absolute Gasteiger partial charge is 0.396 e. The monoisotopic (exact) mass is 290 g/mol. The molecule has 0 unspecified atom stereocenters. The Labute approximate surface area is 114 Å². The van der Waals surface area contributed by atoms with Crippen LogP contribution in [0.25, 0.3) is 0 Å². The number of amides is 1. The summed E-state index contributed by atoms with van der Waals surface area (Å²) in [6.07, 6.45) is 1.22. The van der Waals surface area contributed by atoms with Crippen molar-refractivity contribution in [1.29, 1.82) is 0 Å². The smallest absolute Gasteiger partial charge is 0.225 e. The topological polar surface area (TPSA) is 77.9 Å². The predicted molar refractivity (Wildman–Crippen MR) is 70.9 cm³/mol. The molecule has 0 spiro atoms. The zero-order valence-corrected chi connectivity index (χ0v) is 12.1. The molecule has 2 aliphatic heterocycles. The second-order valence-corrected chi connectivity index (χ2v) is 7.62. The Balaban J connectivity index is 1.82. The van der Waals surface area contributed by atoms with Gasteiger partial charge in [-0.3, -0.25) is 4.79 Å². The van der Waals surface area contributed by atoms with E-state index in [1.54, 1.807) is 11.8 Å². The molecule has 0 aromatic heterocycles. The van der Waals surface area contributed by atoms with Crippen molar-refractivity contribution in [2.75, 3.05) is 38.5 Å². The van der Waals surface area contributed by atoms with Crippen molar-refractivity contribution in [2.45, 2.75) is 19.8 Å². The van der Waals surface area contributed by atoms with Gasteiger partial charge >= 0.3 is 0 Å². The highest BCUT2D eigenvalue weighted by Crippen LogP contribution is 2.25. The molecular formula is C12H22N2O4S. The quantitative estimate of drug-likeness (QED) is 0.757. The molecule has 0 aromatic rings. The third kappa shape index (κ3) is 3.09. The summed E-state index contributed by atoms with van der Waals surface area (Å²) in [7, 11) is -3.12. The summed E-state index contributed by atoms with van der Waals surface area (Å²) in [6.45, 7) is 3.96. The van der Waals surface area contributed by atoms with Gasteiger partial charge in [0.25, 0.3) is 0 Å². The van der Waals surface area contributed by atoms with E-state index in [1.165, 1.54) is 4.31 Å². The average molecular weight is 290 g/mol. The van der Waals surface area contributed by atoms with Crippen molar-refractivity contribution in [3.05, 3.63) is 0 Å². The summed E-state index contributed by atoms with van der Waals surface area (Å²) in [4.78, 5) is 13.9. The lowest BCUT2D eigenvalue weighted by Crippen LogP contribution is -2.54. The SMILES string of the molecule is CCS(=O)(=O)N1CCC(C(=O)N2CC(CO)C2)CC1. The standard InChI is InChI=1S/C12H22N2O4S/c1-2-19(17,18)14-5-3-11(4-6-14)12(16)13-7-10(8-13)9-15/h10-11,15H,2-9H2,1H3. The van der Waals surface area contributed by atoms with E-state index in [1.807, 2.05) is 0 Å². The molecule has 0 aromatic carbocycles. The maximum Gasteiger partial charge on any atom is 0.225 e. The highest BCUT2D eigenvalue weighted by molar-refractivity contribution is 7.89. The van der Waals surface area contributed by atoms with Crippen molar-refractivity contribution < 1.29 is 18.3 Å². The van der Waals surface area contributed by atoms with Gasteiger partial charge in [0.15, 0.2) is 0 Å². The Morgan fingerprint density at radius 2 is 1.84 bits per heavy atom. The summed E-state index contributed by atoms with van der Waals surface area (Å²) >= 11 is 0. The number of aliphatic hydroxyl groups is 1. The van der Waals surface area contributed by atoms with Crippen LogP contribution in [-0.2, 0) is 14.8 Å². The summed E-state index contributed by atoms with van der Waals surface area (Å²) in [6, 6.07) is 0. The van der Waals surface area contributed by atoms with Crippen molar-refractivity contribution in [2.24, 2.45) is 11.8 Å². The van der Waals surface area contributed by atoms with Gasteiger partial charge in [0.1, 0.15) is 0 Å². The molecule has 0 saturated carbocycles. The molecule has 2 fully saturated rings. The summed E-state index contributed by atoms with van der Waals surface area (Å²) in [5.41, 5.74) is 0. The molecule has 2 rings (SSSR count). The van der Waals surface area contributed by atoms with Gasteiger partial charge in [0, 0.05) is 44.6 Å². The van der Waals surface area contributed by atoms with Crippen LogP contribution < -0.4 is 0 Å². The van der Waals surface area contributed by atoms with Crippen molar-refractivity contribution >= 4 is 15.9 Å². The minimum atomic E-state index is -3.12. The van der Waals surface area contributed by atoms with Gasteiger partial charge in [0.2, 0.25) is 15.9 Å². The van der Waals surface area contributed by atoms with Crippen LogP contribution in [0.2, 0.25) is 0 Å². The lowest BCUT2D eigenvalue weighted by Gasteiger charge is -2.41. The van der Waals surface area contributed by atoms with Crippen molar-refractivity contribution in [3.8, 4) is 0 Å². The Morgan fingerprint density at radius 3 is 2.32 bits per heavy atom. The van der Waals surface area contributed by atoms with Crippen LogP contribution in [0.15, 0.2) is 0 Å². The molecule has 7 heteroatoms. The Morgan fingerprint density at radius 1 is 1.26 bits per heavy atom. The van der Waals surface area contributed by atoms with E-state index in [0.29, 0.717) is 39.0 Å². The molecule has 1 amide bonds. The first kappa shape index (κ1) is 14.7. The number of hydrogen-bond donors (Lipinski definition) is 1. The van der Waals surface area contributed by atoms with Crippen molar-refractivity contribution in [1.82, 2.24) is 9.21 Å². The van der Waals surface area contributed by atoms with E-state index < -0.39 is 10.0 Å². The third-order valence-corrected chi connectivity index (χ3v) is 5.97. The zero-order chi connectivity index (χ0) is 14.0. The van der Waals surface area contributed by atoms with Gasteiger partial charge < -0.3 is 10.0 Å². The first-order valence-electron chi connectivity index (χ1n) is 6.85. The number of sulfonamides is 1. The second-order valence-electron chi connectivity index (χ2n) is 5.37. The molecule has 0 radical (unpaired) electrons. The number of likely N-dealkylation sites (tertiary alicyclic amines) is 1. The third-order valence-electron chi connectivity index (χ3n) is 4.09. The number of hydrogen-bond acceptors (Lipinski definition) is 4. The minimum Gasteiger partial charge on any atom is -0.396 e. The van der Waals surface area contributed by atoms with Crippen LogP contribution in [-0.4, -0.2) is 67.2 Å². The fraction of sp³-hybridized carbons (Fsp3) is 0.917. The van der Waals surface area contributed by atoms with Crippen LogP contribution >= 0.6 is 0 Å². The lowest BCUT2D eigenvalue weighted by atomic mass is 9.92. The molecule has 2 heterocycles. The number of carbonyl (C=O) groups is 1. The molecule has 110 valence electrons. The summed E-state index contributed by atoms with van der Waals surface area (Å²) in [5, 5.41) is 8.94. The molecule has 2 saturated heterocycles. The molecule has 6 nitrogen and oxygen atoms in total. The number of rotatable bonds is 4. The van der Waals surface area contributed by atoms with E-state index in [2.05, 4.69) is 0 Å². The Hall–Kier alpha value is -0.660. The summed E-state index contributed by atoms with van der Waals surface area (Å²) in [5.74, 6) is 0.418. The average Bonchev–Trinajstić information content (AvgIpc) is 2.37. The molecule has 0 aliphatic carbocycles. The van der Waals surface area contributed by atoms with Crippen LogP contribution in [0.5, 0.6) is 0 Å². The molecule has 1 N–H and O–H groups in total. The fourth-order valence-electron chi connectivity index (χ4n) is 2.69. The van der Waals surface area contributed by atoms with Gasteiger partial charge in [-0.1, -0.05) is 0 Å². The number of nitrogens with zero attached hydrogens (tertiary/aromatic N) is 2.